The highest BCUT2D eigenvalue weighted by molar-refractivity contribution is 6.18. The highest BCUT2D eigenvalue weighted by Gasteiger charge is 2.08. The van der Waals surface area contributed by atoms with Crippen LogP contribution in [0.5, 0.6) is 0 Å². The second-order valence-corrected chi connectivity index (χ2v) is 7.21. The van der Waals surface area contributed by atoms with Crippen LogP contribution in [0.15, 0.2) is 0 Å². The summed E-state index contributed by atoms with van der Waals surface area (Å²) in [5, 5.41) is 9.22. The second kappa shape index (κ2) is 12.5. The maximum absolute atomic E-state index is 9.22. The Hall–Kier alpha value is -0.190. The second-order valence-electron chi connectivity index (χ2n) is 6.90. The van der Waals surface area contributed by atoms with Crippen LogP contribution >= 0.6 is 11.6 Å². The van der Waals surface area contributed by atoms with Crippen molar-refractivity contribution in [3.05, 3.63) is 0 Å². The highest BCUT2D eigenvalue weighted by atomic mass is 35.5. The SMILES string of the molecule is CC(C)(C)CCCCCCCCCC#CC[C@H](O)CCl. The van der Waals surface area contributed by atoms with E-state index in [1.807, 2.05) is 0 Å². The summed E-state index contributed by atoms with van der Waals surface area (Å²) in [6, 6.07) is 0. The molecule has 0 aliphatic heterocycles. The number of unbranched alkanes of at least 4 members (excludes halogenated alkanes) is 7. The average molecular weight is 301 g/mol. The molecule has 0 aromatic heterocycles. The van der Waals surface area contributed by atoms with E-state index < -0.39 is 6.10 Å². The predicted octanol–water partition coefficient (Wildman–Crippen LogP) is 5.54. The monoisotopic (exact) mass is 300 g/mol. The van der Waals surface area contributed by atoms with E-state index in [1.165, 1.54) is 51.4 Å². The molecule has 0 aromatic carbocycles. The van der Waals surface area contributed by atoms with Crippen molar-refractivity contribution in [1.29, 1.82) is 0 Å². The van der Waals surface area contributed by atoms with Gasteiger partial charge in [0.05, 0.1) is 6.10 Å². The van der Waals surface area contributed by atoms with Crippen molar-refractivity contribution in [2.24, 2.45) is 5.41 Å². The van der Waals surface area contributed by atoms with Gasteiger partial charge in [-0.05, 0) is 18.3 Å². The topological polar surface area (TPSA) is 20.2 Å². The molecule has 1 atom stereocenters. The molecule has 0 saturated carbocycles. The summed E-state index contributed by atoms with van der Waals surface area (Å²) in [6.07, 6.45) is 11.7. The van der Waals surface area contributed by atoms with Gasteiger partial charge in [0, 0.05) is 18.7 Å². The van der Waals surface area contributed by atoms with E-state index in [-0.39, 0.29) is 5.88 Å². The molecule has 0 radical (unpaired) electrons. The van der Waals surface area contributed by atoms with Crippen LogP contribution < -0.4 is 0 Å². The van der Waals surface area contributed by atoms with Crippen molar-refractivity contribution in [3.8, 4) is 11.8 Å². The first-order valence-corrected chi connectivity index (χ1v) is 8.69. The Labute approximate surface area is 131 Å². The first kappa shape index (κ1) is 19.8. The molecule has 2 heteroatoms. The first-order valence-electron chi connectivity index (χ1n) is 8.15. The van der Waals surface area contributed by atoms with Gasteiger partial charge < -0.3 is 5.11 Å². The Morgan fingerprint density at radius 2 is 1.45 bits per heavy atom. The van der Waals surface area contributed by atoms with Gasteiger partial charge in [-0.1, -0.05) is 59.3 Å². The number of aliphatic hydroxyl groups excluding tert-OH is 1. The van der Waals surface area contributed by atoms with Gasteiger partial charge in [0.1, 0.15) is 0 Å². The van der Waals surface area contributed by atoms with E-state index in [9.17, 15) is 5.11 Å². The Morgan fingerprint density at radius 1 is 0.900 bits per heavy atom. The minimum atomic E-state index is -0.461. The fourth-order valence-electron chi connectivity index (χ4n) is 2.09. The Balaban J connectivity index is 3.21. The summed E-state index contributed by atoms with van der Waals surface area (Å²) in [5.41, 5.74) is 0.496. The molecule has 0 amide bonds. The zero-order valence-electron chi connectivity index (χ0n) is 13.7. The lowest BCUT2D eigenvalue weighted by Crippen LogP contribution is -2.05. The van der Waals surface area contributed by atoms with E-state index in [2.05, 4.69) is 32.6 Å². The van der Waals surface area contributed by atoms with E-state index in [0.29, 0.717) is 11.8 Å². The lowest BCUT2D eigenvalue weighted by Gasteiger charge is -2.17. The van der Waals surface area contributed by atoms with E-state index in [0.717, 1.165) is 6.42 Å². The van der Waals surface area contributed by atoms with E-state index in [4.69, 9.17) is 11.6 Å². The Kier molecular flexibility index (Phi) is 12.4. The van der Waals surface area contributed by atoms with Crippen molar-refractivity contribution in [2.45, 2.75) is 91.1 Å². The fraction of sp³-hybridized carbons (Fsp3) is 0.889. The lowest BCUT2D eigenvalue weighted by molar-refractivity contribution is 0.204. The molecule has 0 aliphatic carbocycles. The average Bonchev–Trinajstić information content (AvgIpc) is 2.38. The number of halogens is 1. The van der Waals surface area contributed by atoms with Crippen LogP contribution in [0.4, 0.5) is 0 Å². The predicted molar refractivity (Wildman–Crippen MR) is 90.1 cm³/mol. The minimum absolute atomic E-state index is 0.282. The van der Waals surface area contributed by atoms with Crippen LogP contribution in [0.2, 0.25) is 0 Å². The minimum Gasteiger partial charge on any atom is -0.391 e. The fourth-order valence-corrected chi connectivity index (χ4v) is 2.19. The normalized spacial score (nSPS) is 12.8. The van der Waals surface area contributed by atoms with Gasteiger partial charge in [0.15, 0.2) is 0 Å². The quantitative estimate of drug-likeness (QED) is 0.319. The third-order valence-electron chi connectivity index (χ3n) is 3.37. The third kappa shape index (κ3) is 15.9. The van der Waals surface area contributed by atoms with Crippen molar-refractivity contribution in [1.82, 2.24) is 0 Å². The number of rotatable bonds is 10. The van der Waals surface area contributed by atoms with Gasteiger partial charge in [0.2, 0.25) is 0 Å². The van der Waals surface area contributed by atoms with E-state index in [1.54, 1.807) is 0 Å². The molecule has 0 heterocycles. The molecule has 0 bridgehead atoms. The molecule has 0 unspecified atom stereocenters. The van der Waals surface area contributed by atoms with Gasteiger partial charge in [0.25, 0.3) is 0 Å². The summed E-state index contributed by atoms with van der Waals surface area (Å²) in [5.74, 6) is 6.38. The van der Waals surface area contributed by atoms with Crippen LogP contribution in [-0.2, 0) is 0 Å². The molecule has 0 aromatic rings. The molecule has 0 rings (SSSR count). The lowest BCUT2D eigenvalue weighted by atomic mass is 9.89. The molecule has 0 fully saturated rings. The van der Waals surface area contributed by atoms with Crippen LogP contribution in [-0.4, -0.2) is 17.1 Å². The molecule has 20 heavy (non-hydrogen) atoms. The number of aliphatic hydroxyl groups is 1. The number of hydrogen-bond acceptors (Lipinski definition) is 1. The summed E-state index contributed by atoms with van der Waals surface area (Å²) in [7, 11) is 0. The molecule has 118 valence electrons. The molecular weight excluding hydrogens is 268 g/mol. The molecule has 1 N–H and O–H groups in total. The zero-order chi connectivity index (χ0) is 15.3. The van der Waals surface area contributed by atoms with Gasteiger partial charge in [-0.2, -0.15) is 0 Å². The van der Waals surface area contributed by atoms with Crippen LogP contribution in [0.25, 0.3) is 0 Å². The number of hydrogen-bond donors (Lipinski definition) is 1. The van der Waals surface area contributed by atoms with Gasteiger partial charge in [-0.3, -0.25) is 0 Å². The van der Waals surface area contributed by atoms with Crippen molar-refractivity contribution in [3.63, 3.8) is 0 Å². The maximum Gasteiger partial charge on any atom is 0.0784 e. The third-order valence-corrected chi connectivity index (χ3v) is 3.73. The molecule has 0 spiro atoms. The summed E-state index contributed by atoms with van der Waals surface area (Å²) in [4.78, 5) is 0. The van der Waals surface area contributed by atoms with Crippen LogP contribution in [0.3, 0.4) is 0 Å². The standard InChI is InChI=1S/C18H33ClO/c1-18(2,3)15-13-11-9-7-5-4-6-8-10-12-14-17(20)16-19/h17,20H,4-9,11,13-16H2,1-3H3/t17-/m0/s1. The van der Waals surface area contributed by atoms with Crippen molar-refractivity contribution < 1.29 is 5.11 Å². The molecule has 1 nitrogen and oxygen atoms in total. The van der Waals surface area contributed by atoms with Crippen LogP contribution in [0.1, 0.15) is 85.0 Å². The molecular formula is C18H33ClO. The zero-order valence-corrected chi connectivity index (χ0v) is 14.4. The van der Waals surface area contributed by atoms with Crippen molar-refractivity contribution >= 4 is 11.6 Å². The summed E-state index contributed by atoms with van der Waals surface area (Å²) in [6.45, 7) is 6.96. The Morgan fingerprint density at radius 3 is 2.00 bits per heavy atom. The first-order chi connectivity index (χ1) is 9.45. The summed E-state index contributed by atoms with van der Waals surface area (Å²) < 4.78 is 0. The molecule has 0 aliphatic rings. The van der Waals surface area contributed by atoms with Crippen molar-refractivity contribution in [2.75, 3.05) is 5.88 Å². The van der Waals surface area contributed by atoms with Gasteiger partial charge in [-0.15, -0.1) is 23.4 Å². The Bertz CT molecular complexity index is 269. The summed E-state index contributed by atoms with van der Waals surface area (Å²) >= 11 is 5.49. The largest absolute Gasteiger partial charge is 0.391 e. The smallest absolute Gasteiger partial charge is 0.0784 e. The highest BCUT2D eigenvalue weighted by Crippen LogP contribution is 2.22. The van der Waals surface area contributed by atoms with Gasteiger partial charge >= 0.3 is 0 Å². The van der Waals surface area contributed by atoms with E-state index >= 15 is 0 Å². The maximum atomic E-state index is 9.22. The van der Waals surface area contributed by atoms with Gasteiger partial charge in [-0.25, -0.2) is 0 Å². The molecule has 0 saturated heterocycles. The van der Waals surface area contributed by atoms with Crippen LogP contribution in [0, 0.1) is 17.3 Å². The number of alkyl halides is 1.